The van der Waals surface area contributed by atoms with Gasteiger partial charge in [0, 0.05) is 16.6 Å². The topological polar surface area (TPSA) is 72.7 Å². The molecule has 1 N–H and O–H groups in total. The highest BCUT2D eigenvalue weighted by Crippen LogP contribution is 2.13. The molecular weight excluding hydrogens is 346 g/mol. The van der Waals surface area contributed by atoms with Gasteiger partial charge in [-0.2, -0.15) is 0 Å². The summed E-state index contributed by atoms with van der Waals surface area (Å²) in [4.78, 5) is 16.6. The molecule has 4 rings (SSSR count). The highest BCUT2D eigenvalue weighted by Gasteiger charge is 2.08. The van der Waals surface area contributed by atoms with Crippen molar-refractivity contribution in [3.05, 3.63) is 75.7 Å². The van der Waals surface area contributed by atoms with Crippen LogP contribution in [0, 0.1) is 6.92 Å². The molecule has 0 aliphatic heterocycles. The molecule has 0 spiro atoms. The summed E-state index contributed by atoms with van der Waals surface area (Å²) in [5.41, 5.74) is 4.54. The number of carbonyl (C=O) groups is 1. The summed E-state index contributed by atoms with van der Waals surface area (Å²) in [5, 5.41) is 14.1. The van der Waals surface area contributed by atoms with Gasteiger partial charge in [-0.15, -0.1) is 16.4 Å². The van der Waals surface area contributed by atoms with E-state index in [-0.39, 0.29) is 5.91 Å². The maximum Gasteiger partial charge on any atom is 0.251 e. The van der Waals surface area contributed by atoms with E-state index in [1.54, 1.807) is 11.3 Å². The number of thiazole rings is 1. The molecule has 0 bridgehead atoms. The number of nitrogens with zero attached hydrogens (tertiary/aromatic N) is 4. The predicted molar refractivity (Wildman–Crippen MR) is 101 cm³/mol. The molecule has 130 valence electrons. The minimum absolute atomic E-state index is 0.101. The molecule has 0 saturated carbocycles. The smallest absolute Gasteiger partial charge is 0.251 e. The van der Waals surface area contributed by atoms with E-state index in [9.17, 15) is 4.79 Å². The molecule has 0 fully saturated rings. The Balaban J connectivity index is 1.42. The number of hydrogen-bond acceptors (Lipinski definition) is 5. The minimum atomic E-state index is -0.101. The van der Waals surface area contributed by atoms with Gasteiger partial charge in [0.15, 0.2) is 0 Å². The van der Waals surface area contributed by atoms with Crippen molar-refractivity contribution in [1.82, 2.24) is 25.3 Å². The highest BCUT2D eigenvalue weighted by molar-refractivity contribution is 7.09. The lowest BCUT2D eigenvalue weighted by Gasteiger charge is -2.06. The van der Waals surface area contributed by atoms with E-state index in [4.69, 9.17) is 0 Å². The van der Waals surface area contributed by atoms with Gasteiger partial charge in [0.1, 0.15) is 10.5 Å². The molecule has 2 heterocycles. The van der Waals surface area contributed by atoms with Gasteiger partial charge >= 0.3 is 0 Å². The number of carbonyl (C=O) groups excluding carboxylic acids is 1. The van der Waals surface area contributed by atoms with Crippen LogP contribution in [-0.2, 0) is 13.1 Å². The van der Waals surface area contributed by atoms with Crippen LogP contribution < -0.4 is 5.32 Å². The van der Waals surface area contributed by atoms with Crippen LogP contribution >= 0.6 is 11.3 Å². The Labute approximate surface area is 154 Å². The zero-order valence-corrected chi connectivity index (χ0v) is 15.0. The van der Waals surface area contributed by atoms with Gasteiger partial charge in [0.25, 0.3) is 5.91 Å². The van der Waals surface area contributed by atoms with Crippen molar-refractivity contribution < 1.29 is 4.79 Å². The van der Waals surface area contributed by atoms with Crippen molar-refractivity contribution in [3.8, 4) is 0 Å². The number of rotatable bonds is 5. The van der Waals surface area contributed by atoms with Gasteiger partial charge in [-0.05, 0) is 36.8 Å². The first-order valence-electron chi connectivity index (χ1n) is 8.25. The van der Waals surface area contributed by atoms with Crippen LogP contribution in [0.5, 0.6) is 0 Å². The van der Waals surface area contributed by atoms with E-state index >= 15 is 0 Å². The fraction of sp³-hybridized carbons (Fsp3) is 0.158. The second-order valence-corrected chi connectivity index (χ2v) is 6.94. The second-order valence-electron chi connectivity index (χ2n) is 6.00. The first kappa shape index (κ1) is 16.4. The molecule has 0 aliphatic rings. The Kier molecular flexibility index (Phi) is 4.45. The number of aryl methyl sites for hydroxylation is 1. The number of nitrogens with one attached hydrogen (secondary N) is 1. The molecule has 0 saturated heterocycles. The van der Waals surface area contributed by atoms with E-state index in [0.29, 0.717) is 18.7 Å². The summed E-state index contributed by atoms with van der Waals surface area (Å²) >= 11 is 1.55. The lowest BCUT2D eigenvalue weighted by atomic mass is 10.1. The quantitative estimate of drug-likeness (QED) is 0.591. The average molecular weight is 363 g/mol. The monoisotopic (exact) mass is 363 g/mol. The number of hydrogen-bond donors (Lipinski definition) is 1. The second kappa shape index (κ2) is 7.05. The van der Waals surface area contributed by atoms with Crippen LogP contribution in [0.4, 0.5) is 0 Å². The normalized spacial score (nSPS) is 11.0. The third-order valence-electron chi connectivity index (χ3n) is 4.04. The molecule has 2 aromatic heterocycles. The van der Waals surface area contributed by atoms with Crippen molar-refractivity contribution in [1.29, 1.82) is 0 Å². The standard InChI is InChI=1S/C19H17N5OS/c1-13-12-26-18(21-13)10-20-19(25)15-8-6-14(7-9-15)11-24-17-5-3-2-4-16(17)22-23-24/h2-9,12H,10-11H2,1H3,(H,20,25). The van der Waals surface area contributed by atoms with Crippen LogP contribution in [0.2, 0.25) is 0 Å². The molecule has 7 heteroatoms. The summed E-state index contributed by atoms with van der Waals surface area (Å²) < 4.78 is 1.86. The van der Waals surface area contributed by atoms with Gasteiger partial charge in [0.2, 0.25) is 0 Å². The van der Waals surface area contributed by atoms with Gasteiger partial charge in [-0.1, -0.05) is 29.5 Å². The third kappa shape index (κ3) is 3.48. The number of benzene rings is 2. The lowest BCUT2D eigenvalue weighted by Crippen LogP contribution is -2.22. The molecule has 6 nitrogen and oxygen atoms in total. The first-order valence-corrected chi connectivity index (χ1v) is 9.13. The van der Waals surface area contributed by atoms with Crippen molar-refractivity contribution in [2.75, 3.05) is 0 Å². The molecule has 0 aliphatic carbocycles. The maximum atomic E-state index is 12.3. The fourth-order valence-corrected chi connectivity index (χ4v) is 3.42. The first-order chi connectivity index (χ1) is 12.7. The fourth-order valence-electron chi connectivity index (χ4n) is 2.71. The number of fused-ring (bicyclic) bond motifs is 1. The SMILES string of the molecule is Cc1csc(CNC(=O)c2ccc(Cn3nnc4ccccc43)cc2)n1. The van der Waals surface area contributed by atoms with Crippen LogP contribution in [0.3, 0.4) is 0 Å². The van der Waals surface area contributed by atoms with Gasteiger partial charge < -0.3 is 5.32 Å². The molecule has 1 amide bonds. The van der Waals surface area contributed by atoms with E-state index in [0.717, 1.165) is 27.3 Å². The summed E-state index contributed by atoms with van der Waals surface area (Å²) in [6.45, 7) is 3.00. The average Bonchev–Trinajstić information content (AvgIpc) is 3.27. The largest absolute Gasteiger partial charge is 0.346 e. The molecule has 0 radical (unpaired) electrons. The molecule has 26 heavy (non-hydrogen) atoms. The minimum Gasteiger partial charge on any atom is -0.346 e. The van der Waals surface area contributed by atoms with E-state index in [2.05, 4.69) is 20.6 Å². The van der Waals surface area contributed by atoms with Gasteiger partial charge in [0.05, 0.1) is 18.6 Å². The van der Waals surface area contributed by atoms with Crippen LogP contribution in [0.1, 0.15) is 26.6 Å². The van der Waals surface area contributed by atoms with Crippen molar-refractivity contribution in [2.45, 2.75) is 20.0 Å². The summed E-state index contributed by atoms with van der Waals surface area (Å²) in [5.74, 6) is -0.101. The van der Waals surface area contributed by atoms with Gasteiger partial charge in [-0.25, -0.2) is 9.67 Å². The van der Waals surface area contributed by atoms with Crippen LogP contribution in [0.25, 0.3) is 11.0 Å². The van der Waals surface area contributed by atoms with Crippen molar-refractivity contribution >= 4 is 28.3 Å². The van der Waals surface area contributed by atoms with E-state index in [1.807, 2.05) is 65.5 Å². The number of amides is 1. The third-order valence-corrected chi connectivity index (χ3v) is 5.00. The highest BCUT2D eigenvalue weighted by atomic mass is 32.1. The lowest BCUT2D eigenvalue weighted by molar-refractivity contribution is 0.0951. The zero-order valence-electron chi connectivity index (χ0n) is 14.2. The van der Waals surface area contributed by atoms with Crippen molar-refractivity contribution in [2.24, 2.45) is 0 Å². The van der Waals surface area contributed by atoms with E-state index < -0.39 is 0 Å². The summed E-state index contributed by atoms with van der Waals surface area (Å²) in [6, 6.07) is 15.4. The zero-order chi connectivity index (χ0) is 17.9. The Morgan fingerprint density at radius 2 is 1.96 bits per heavy atom. The Morgan fingerprint density at radius 1 is 1.15 bits per heavy atom. The Bertz CT molecular complexity index is 1050. The number of aromatic nitrogens is 4. The molecule has 2 aromatic carbocycles. The summed E-state index contributed by atoms with van der Waals surface area (Å²) in [6.07, 6.45) is 0. The Morgan fingerprint density at radius 3 is 2.73 bits per heavy atom. The molecule has 0 atom stereocenters. The Hall–Kier alpha value is -3.06. The molecular formula is C19H17N5OS. The van der Waals surface area contributed by atoms with E-state index in [1.165, 1.54) is 0 Å². The predicted octanol–water partition coefficient (Wildman–Crippen LogP) is 3.17. The number of para-hydroxylation sites is 1. The maximum absolute atomic E-state index is 12.3. The van der Waals surface area contributed by atoms with Crippen LogP contribution in [0.15, 0.2) is 53.9 Å². The van der Waals surface area contributed by atoms with Crippen molar-refractivity contribution in [3.63, 3.8) is 0 Å². The van der Waals surface area contributed by atoms with Gasteiger partial charge in [-0.3, -0.25) is 4.79 Å². The molecule has 0 unspecified atom stereocenters. The summed E-state index contributed by atoms with van der Waals surface area (Å²) in [7, 11) is 0. The molecule has 4 aromatic rings. The van der Waals surface area contributed by atoms with Crippen LogP contribution in [-0.4, -0.2) is 25.9 Å².